The SMILES string of the molecule is CC(C)n1cc(CCC(=O)NCCCC[C@H](NC(=O)C2CCCCCCCCCC2)C(N)=O)nn1. The molecule has 0 bridgehead atoms. The van der Waals surface area contributed by atoms with Gasteiger partial charge < -0.3 is 16.4 Å². The van der Waals surface area contributed by atoms with E-state index in [-0.39, 0.29) is 23.8 Å². The molecule has 0 unspecified atom stereocenters. The van der Waals surface area contributed by atoms with Gasteiger partial charge in [-0.25, -0.2) is 4.68 Å². The molecule has 4 N–H and O–H groups in total. The van der Waals surface area contributed by atoms with Gasteiger partial charge in [-0.1, -0.05) is 56.6 Å². The number of amides is 3. The van der Waals surface area contributed by atoms with Gasteiger partial charge in [0, 0.05) is 37.5 Å². The van der Waals surface area contributed by atoms with Gasteiger partial charge >= 0.3 is 0 Å². The first-order valence-corrected chi connectivity index (χ1v) is 13.6. The van der Waals surface area contributed by atoms with Crippen LogP contribution in [0.1, 0.15) is 115 Å². The number of hydrogen-bond donors (Lipinski definition) is 3. The van der Waals surface area contributed by atoms with E-state index >= 15 is 0 Å². The number of unbranched alkanes of at least 4 members (excludes halogenated alkanes) is 1. The molecule has 198 valence electrons. The van der Waals surface area contributed by atoms with E-state index in [1.807, 2.05) is 20.0 Å². The van der Waals surface area contributed by atoms with Crippen LogP contribution in [0, 0.1) is 5.92 Å². The average Bonchev–Trinajstić information content (AvgIpc) is 3.28. The number of rotatable bonds is 12. The summed E-state index contributed by atoms with van der Waals surface area (Å²) in [5.41, 5.74) is 6.38. The third kappa shape index (κ3) is 11.7. The molecule has 3 amide bonds. The van der Waals surface area contributed by atoms with Gasteiger partial charge in [0.1, 0.15) is 6.04 Å². The summed E-state index contributed by atoms with van der Waals surface area (Å²) in [6.07, 6.45) is 16.0. The Morgan fingerprint density at radius 3 is 2.23 bits per heavy atom. The van der Waals surface area contributed by atoms with Gasteiger partial charge in [-0.2, -0.15) is 0 Å². The van der Waals surface area contributed by atoms with Crippen LogP contribution in [0.2, 0.25) is 0 Å². The van der Waals surface area contributed by atoms with Crippen molar-refractivity contribution < 1.29 is 14.4 Å². The second-order valence-electron chi connectivity index (χ2n) is 10.2. The van der Waals surface area contributed by atoms with Crippen LogP contribution in [-0.4, -0.2) is 45.3 Å². The zero-order chi connectivity index (χ0) is 25.5. The number of nitrogens with one attached hydrogen (secondary N) is 2. The first-order chi connectivity index (χ1) is 16.9. The Morgan fingerprint density at radius 2 is 1.66 bits per heavy atom. The zero-order valence-corrected chi connectivity index (χ0v) is 21.8. The topological polar surface area (TPSA) is 132 Å². The van der Waals surface area contributed by atoms with Crippen molar-refractivity contribution in [1.82, 2.24) is 25.6 Å². The number of carbonyl (C=O) groups excluding carboxylic acids is 3. The number of aryl methyl sites for hydroxylation is 1. The summed E-state index contributed by atoms with van der Waals surface area (Å²) in [6.45, 7) is 4.58. The van der Waals surface area contributed by atoms with E-state index in [0.29, 0.717) is 32.2 Å². The molecule has 1 heterocycles. The van der Waals surface area contributed by atoms with E-state index < -0.39 is 11.9 Å². The van der Waals surface area contributed by atoms with E-state index in [4.69, 9.17) is 5.73 Å². The number of primary amides is 1. The van der Waals surface area contributed by atoms with E-state index in [9.17, 15) is 14.4 Å². The Bertz CT molecular complexity index is 767. The lowest BCUT2D eigenvalue weighted by molar-refractivity contribution is -0.130. The summed E-state index contributed by atoms with van der Waals surface area (Å²) >= 11 is 0. The molecule has 0 aromatic carbocycles. The summed E-state index contributed by atoms with van der Waals surface area (Å²) in [5, 5.41) is 14.0. The fraction of sp³-hybridized carbons (Fsp3) is 0.808. The van der Waals surface area contributed by atoms with Gasteiger partial charge in [-0.15, -0.1) is 5.10 Å². The molecule has 1 atom stereocenters. The molecule has 1 aromatic heterocycles. The quantitative estimate of drug-likeness (QED) is 0.385. The van der Waals surface area contributed by atoms with Crippen molar-refractivity contribution in [1.29, 1.82) is 0 Å². The molecule has 9 heteroatoms. The lowest BCUT2D eigenvalue weighted by Gasteiger charge is -2.21. The molecule has 1 aliphatic carbocycles. The molecule has 0 aliphatic heterocycles. The van der Waals surface area contributed by atoms with Crippen molar-refractivity contribution in [3.05, 3.63) is 11.9 Å². The fourth-order valence-electron chi connectivity index (χ4n) is 4.54. The molecule has 0 radical (unpaired) electrons. The van der Waals surface area contributed by atoms with Gasteiger partial charge in [0.2, 0.25) is 17.7 Å². The van der Waals surface area contributed by atoms with Crippen molar-refractivity contribution in [2.45, 2.75) is 122 Å². The van der Waals surface area contributed by atoms with Crippen LogP contribution in [0.25, 0.3) is 0 Å². The highest BCUT2D eigenvalue weighted by Gasteiger charge is 2.23. The maximum atomic E-state index is 12.9. The third-order valence-electron chi connectivity index (χ3n) is 6.82. The van der Waals surface area contributed by atoms with Gasteiger partial charge in [0.15, 0.2) is 0 Å². The Kier molecular flexibility index (Phi) is 13.4. The van der Waals surface area contributed by atoms with E-state index in [1.165, 1.54) is 38.5 Å². The minimum Gasteiger partial charge on any atom is -0.368 e. The van der Waals surface area contributed by atoms with Crippen LogP contribution < -0.4 is 16.4 Å². The molecule has 9 nitrogen and oxygen atoms in total. The predicted octanol–water partition coefficient (Wildman–Crippen LogP) is 3.58. The van der Waals surface area contributed by atoms with Gasteiger partial charge in [-0.3, -0.25) is 14.4 Å². The number of hydrogen-bond acceptors (Lipinski definition) is 5. The fourth-order valence-corrected chi connectivity index (χ4v) is 4.54. The lowest BCUT2D eigenvalue weighted by atomic mass is 9.94. The second-order valence-corrected chi connectivity index (χ2v) is 10.2. The number of carbonyl (C=O) groups is 3. The molecular formula is C26H46N6O3. The highest BCUT2D eigenvalue weighted by Crippen LogP contribution is 2.21. The van der Waals surface area contributed by atoms with Gasteiger partial charge in [0.05, 0.1) is 5.69 Å². The Balaban J connectivity index is 1.66. The summed E-state index contributed by atoms with van der Waals surface area (Å²) in [7, 11) is 0. The molecule has 1 fully saturated rings. The van der Waals surface area contributed by atoms with Crippen molar-refractivity contribution in [3.63, 3.8) is 0 Å². The van der Waals surface area contributed by atoms with E-state index in [0.717, 1.165) is 37.8 Å². The molecule has 35 heavy (non-hydrogen) atoms. The summed E-state index contributed by atoms with van der Waals surface area (Å²) in [6, 6.07) is -0.408. The zero-order valence-electron chi connectivity index (χ0n) is 21.8. The molecule has 2 rings (SSSR count). The average molecular weight is 491 g/mol. The first-order valence-electron chi connectivity index (χ1n) is 13.6. The Morgan fingerprint density at radius 1 is 1.03 bits per heavy atom. The maximum Gasteiger partial charge on any atom is 0.239 e. The molecule has 1 aliphatic rings. The van der Waals surface area contributed by atoms with Crippen LogP contribution in [0.3, 0.4) is 0 Å². The number of aromatic nitrogens is 3. The van der Waals surface area contributed by atoms with Crippen molar-refractivity contribution in [2.24, 2.45) is 11.7 Å². The predicted molar refractivity (Wildman–Crippen MR) is 136 cm³/mol. The molecule has 1 saturated carbocycles. The van der Waals surface area contributed by atoms with Crippen LogP contribution in [0.4, 0.5) is 0 Å². The third-order valence-corrected chi connectivity index (χ3v) is 6.82. The van der Waals surface area contributed by atoms with Gasteiger partial charge in [-0.05, 0) is 46.0 Å². The van der Waals surface area contributed by atoms with Gasteiger partial charge in [0.25, 0.3) is 0 Å². The largest absolute Gasteiger partial charge is 0.368 e. The van der Waals surface area contributed by atoms with E-state index in [1.54, 1.807) is 4.68 Å². The van der Waals surface area contributed by atoms with Crippen LogP contribution in [-0.2, 0) is 20.8 Å². The molecule has 0 spiro atoms. The number of nitrogens with two attached hydrogens (primary N) is 1. The van der Waals surface area contributed by atoms with E-state index in [2.05, 4.69) is 20.9 Å². The monoisotopic (exact) mass is 490 g/mol. The Hall–Kier alpha value is -2.45. The second kappa shape index (κ2) is 16.3. The first kappa shape index (κ1) is 28.8. The van der Waals surface area contributed by atoms with Crippen molar-refractivity contribution >= 4 is 17.7 Å². The molecule has 1 aromatic rings. The standard InChI is InChI=1S/C26H46N6O3/c1-20(2)32-19-22(30-31-32)16-17-24(33)28-18-12-11-15-23(25(27)34)29-26(35)21-13-9-7-5-3-4-6-8-10-14-21/h19-21,23H,3-18H2,1-2H3,(H2,27,34)(H,28,33)(H,29,35)/t23-/m0/s1. The minimum atomic E-state index is -0.653. The maximum absolute atomic E-state index is 12.9. The normalized spacial score (nSPS) is 16.9. The minimum absolute atomic E-state index is 0.0311. The van der Waals surface area contributed by atoms with Crippen molar-refractivity contribution in [3.8, 4) is 0 Å². The van der Waals surface area contributed by atoms with Crippen LogP contribution in [0.5, 0.6) is 0 Å². The van der Waals surface area contributed by atoms with Crippen LogP contribution >= 0.6 is 0 Å². The lowest BCUT2D eigenvalue weighted by Crippen LogP contribution is -2.46. The summed E-state index contributed by atoms with van der Waals surface area (Å²) < 4.78 is 1.78. The highest BCUT2D eigenvalue weighted by molar-refractivity contribution is 5.87. The highest BCUT2D eigenvalue weighted by atomic mass is 16.2. The molecular weight excluding hydrogens is 444 g/mol. The molecule has 0 saturated heterocycles. The smallest absolute Gasteiger partial charge is 0.239 e. The number of nitrogens with zero attached hydrogens (tertiary/aromatic N) is 3. The summed E-state index contributed by atoms with van der Waals surface area (Å²) in [4.78, 5) is 36.9. The van der Waals surface area contributed by atoms with Crippen molar-refractivity contribution in [2.75, 3.05) is 6.54 Å². The Labute approximate surface area is 210 Å². The van der Waals surface area contributed by atoms with Crippen LogP contribution in [0.15, 0.2) is 6.20 Å². The summed E-state index contributed by atoms with van der Waals surface area (Å²) in [5.74, 6) is -0.587.